The van der Waals surface area contributed by atoms with Crippen LogP contribution in [0.1, 0.15) is 12.0 Å². The van der Waals surface area contributed by atoms with Crippen molar-refractivity contribution in [2.24, 2.45) is 0 Å². The molecule has 98 valence electrons. The summed E-state index contributed by atoms with van der Waals surface area (Å²) in [5.74, 6) is -1.17. The number of benzene rings is 1. The molecule has 1 N–H and O–H groups in total. The Kier molecular flexibility index (Phi) is 5.32. The van der Waals surface area contributed by atoms with Crippen molar-refractivity contribution in [2.75, 3.05) is 25.2 Å². The molecule has 0 aliphatic rings. The summed E-state index contributed by atoms with van der Waals surface area (Å²) in [6, 6.07) is 7.36. The number of rotatable bonds is 6. The number of hydrogen-bond donors (Lipinski definition) is 1. The fourth-order valence-corrected chi connectivity index (χ4v) is 1.65. The van der Waals surface area contributed by atoms with Crippen molar-refractivity contribution in [3.8, 4) is 0 Å². The first-order chi connectivity index (χ1) is 8.56. The van der Waals surface area contributed by atoms with Crippen LogP contribution in [-0.2, 0) is 14.3 Å². The highest BCUT2D eigenvalue weighted by Crippen LogP contribution is 2.19. The van der Waals surface area contributed by atoms with E-state index in [1.165, 1.54) is 12.0 Å². The molecule has 18 heavy (non-hydrogen) atoms. The number of aryl methyl sites for hydroxylation is 1. The largest absolute Gasteiger partial charge is 0.481 e. The fourth-order valence-electron chi connectivity index (χ4n) is 1.65. The van der Waals surface area contributed by atoms with Crippen molar-refractivity contribution in [1.29, 1.82) is 0 Å². The van der Waals surface area contributed by atoms with Crippen molar-refractivity contribution < 1.29 is 19.4 Å². The molecule has 0 fully saturated rings. The van der Waals surface area contributed by atoms with Crippen LogP contribution in [0.25, 0.3) is 0 Å². The summed E-state index contributed by atoms with van der Waals surface area (Å²) in [4.78, 5) is 24.0. The first-order valence-electron chi connectivity index (χ1n) is 5.63. The van der Waals surface area contributed by atoms with Crippen LogP contribution in [0.5, 0.6) is 0 Å². The van der Waals surface area contributed by atoms with Crippen LogP contribution in [0.4, 0.5) is 5.69 Å². The minimum absolute atomic E-state index is 0.0616. The van der Waals surface area contributed by atoms with Crippen LogP contribution < -0.4 is 4.90 Å². The minimum atomic E-state index is -0.932. The van der Waals surface area contributed by atoms with Gasteiger partial charge in [-0.25, -0.2) is 0 Å². The Morgan fingerprint density at radius 3 is 2.56 bits per heavy atom. The van der Waals surface area contributed by atoms with Crippen molar-refractivity contribution in [3.63, 3.8) is 0 Å². The SMILES string of the molecule is COCC(=O)N(CCC(=O)O)c1ccccc1C. The molecule has 0 bridgehead atoms. The zero-order valence-electron chi connectivity index (χ0n) is 10.5. The van der Waals surface area contributed by atoms with Gasteiger partial charge in [0.25, 0.3) is 5.91 Å². The average Bonchev–Trinajstić information content (AvgIpc) is 2.31. The third-order valence-corrected chi connectivity index (χ3v) is 2.52. The lowest BCUT2D eigenvalue weighted by Gasteiger charge is -2.23. The summed E-state index contributed by atoms with van der Waals surface area (Å²) in [7, 11) is 1.44. The second-order valence-corrected chi connectivity index (χ2v) is 3.91. The monoisotopic (exact) mass is 251 g/mol. The van der Waals surface area contributed by atoms with E-state index < -0.39 is 5.97 Å². The first-order valence-corrected chi connectivity index (χ1v) is 5.63. The quantitative estimate of drug-likeness (QED) is 0.831. The molecular weight excluding hydrogens is 234 g/mol. The topological polar surface area (TPSA) is 66.8 Å². The van der Waals surface area contributed by atoms with E-state index in [1.54, 1.807) is 6.07 Å². The van der Waals surface area contributed by atoms with Gasteiger partial charge in [0, 0.05) is 19.3 Å². The number of anilines is 1. The van der Waals surface area contributed by atoms with Crippen LogP contribution in [0.2, 0.25) is 0 Å². The number of carboxylic acids is 1. The molecule has 1 amide bonds. The summed E-state index contributed by atoms with van der Waals surface area (Å²) in [5.41, 5.74) is 1.65. The second-order valence-electron chi connectivity index (χ2n) is 3.91. The molecule has 5 nitrogen and oxygen atoms in total. The lowest BCUT2D eigenvalue weighted by molar-refractivity contribution is -0.136. The predicted molar refractivity (Wildman–Crippen MR) is 67.7 cm³/mol. The normalized spacial score (nSPS) is 10.1. The van der Waals surface area contributed by atoms with E-state index >= 15 is 0 Å². The smallest absolute Gasteiger partial charge is 0.305 e. The molecule has 0 spiro atoms. The maximum Gasteiger partial charge on any atom is 0.305 e. The molecule has 0 atom stereocenters. The molecule has 0 aromatic heterocycles. The lowest BCUT2D eigenvalue weighted by Crippen LogP contribution is -2.36. The summed E-state index contributed by atoms with van der Waals surface area (Å²) in [6.45, 7) is 1.96. The molecule has 0 radical (unpaired) electrons. The number of para-hydroxylation sites is 1. The third kappa shape index (κ3) is 3.85. The first kappa shape index (κ1) is 14.2. The number of aliphatic carboxylic acids is 1. The highest BCUT2D eigenvalue weighted by Gasteiger charge is 2.17. The van der Waals surface area contributed by atoms with E-state index in [0.29, 0.717) is 0 Å². The van der Waals surface area contributed by atoms with Crippen molar-refractivity contribution in [3.05, 3.63) is 29.8 Å². The number of methoxy groups -OCH3 is 1. The van der Waals surface area contributed by atoms with Crippen LogP contribution in [0.3, 0.4) is 0 Å². The molecule has 1 aromatic carbocycles. The van der Waals surface area contributed by atoms with Crippen molar-refractivity contribution >= 4 is 17.6 Å². The lowest BCUT2D eigenvalue weighted by atomic mass is 10.1. The zero-order chi connectivity index (χ0) is 13.5. The van der Waals surface area contributed by atoms with Crippen LogP contribution in [0.15, 0.2) is 24.3 Å². The van der Waals surface area contributed by atoms with E-state index in [-0.39, 0.29) is 25.5 Å². The van der Waals surface area contributed by atoms with Crippen molar-refractivity contribution in [2.45, 2.75) is 13.3 Å². The molecular formula is C13H17NO4. The fraction of sp³-hybridized carbons (Fsp3) is 0.385. The Labute approximate surface area is 106 Å². The van der Waals surface area contributed by atoms with Gasteiger partial charge in [0.2, 0.25) is 0 Å². The highest BCUT2D eigenvalue weighted by molar-refractivity contribution is 5.95. The number of amides is 1. The average molecular weight is 251 g/mol. The second kappa shape index (κ2) is 6.76. The van der Waals surface area contributed by atoms with Gasteiger partial charge >= 0.3 is 5.97 Å². The molecule has 0 heterocycles. The molecule has 0 aliphatic heterocycles. The third-order valence-electron chi connectivity index (χ3n) is 2.52. The van der Waals surface area contributed by atoms with Crippen LogP contribution >= 0.6 is 0 Å². The maximum absolute atomic E-state index is 11.9. The maximum atomic E-state index is 11.9. The standard InChI is InChI=1S/C13H17NO4/c1-10-5-3-4-6-11(10)14(8-7-13(16)17)12(15)9-18-2/h3-6H,7-9H2,1-2H3,(H,16,17). The van der Waals surface area contributed by atoms with Gasteiger partial charge in [0.1, 0.15) is 6.61 Å². The molecule has 1 rings (SSSR count). The highest BCUT2D eigenvalue weighted by atomic mass is 16.5. The van der Waals surface area contributed by atoms with E-state index in [0.717, 1.165) is 11.3 Å². The summed E-state index contributed by atoms with van der Waals surface area (Å²) < 4.78 is 4.81. The van der Waals surface area contributed by atoms with E-state index in [1.807, 2.05) is 25.1 Å². The van der Waals surface area contributed by atoms with Gasteiger partial charge in [-0.15, -0.1) is 0 Å². The van der Waals surface area contributed by atoms with Gasteiger partial charge in [-0.05, 0) is 18.6 Å². The molecule has 1 aromatic rings. The Morgan fingerprint density at radius 1 is 1.33 bits per heavy atom. The summed E-state index contributed by atoms with van der Waals surface area (Å²) in [6.07, 6.45) is -0.0935. The predicted octanol–water partition coefficient (Wildman–Crippen LogP) is 1.45. The molecule has 5 heteroatoms. The Balaban J connectivity index is 2.93. The summed E-state index contributed by atoms with van der Waals surface area (Å²) in [5, 5.41) is 8.72. The molecule has 0 unspecified atom stereocenters. The molecule has 0 aliphatic carbocycles. The van der Waals surface area contributed by atoms with Gasteiger partial charge in [-0.2, -0.15) is 0 Å². The van der Waals surface area contributed by atoms with Gasteiger partial charge in [0.15, 0.2) is 0 Å². The van der Waals surface area contributed by atoms with Gasteiger partial charge in [-0.1, -0.05) is 18.2 Å². The minimum Gasteiger partial charge on any atom is -0.481 e. The Bertz CT molecular complexity index is 431. The number of nitrogens with zero attached hydrogens (tertiary/aromatic N) is 1. The van der Waals surface area contributed by atoms with Crippen LogP contribution in [-0.4, -0.2) is 37.2 Å². The number of hydrogen-bond acceptors (Lipinski definition) is 3. The van der Waals surface area contributed by atoms with Gasteiger partial charge in [0.05, 0.1) is 6.42 Å². The van der Waals surface area contributed by atoms with Crippen LogP contribution in [0, 0.1) is 6.92 Å². The van der Waals surface area contributed by atoms with E-state index in [9.17, 15) is 9.59 Å². The zero-order valence-corrected chi connectivity index (χ0v) is 10.5. The number of carbonyl (C=O) groups is 2. The number of ether oxygens (including phenoxy) is 1. The Morgan fingerprint density at radius 2 is 2.00 bits per heavy atom. The molecule has 0 saturated carbocycles. The van der Waals surface area contributed by atoms with E-state index in [2.05, 4.69) is 0 Å². The number of carbonyl (C=O) groups excluding carboxylic acids is 1. The van der Waals surface area contributed by atoms with Gasteiger partial charge < -0.3 is 14.7 Å². The van der Waals surface area contributed by atoms with Crippen molar-refractivity contribution in [1.82, 2.24) is 0 Å². The molecule has 0 saturated heterocycles. The van der Waals surface area contributed by atoms with Gasteiger partial charge in [-0.3, -0.25) is 9.59 Å². The summed E-state index contributed by atoms with van der Waals surface area (Å²) >= 11 is 0. The van der Waals surface area contributed by atoms with E-state index in [4.69, 9.17) is 9.84 Å². The number of carboxylic acid groups (broad SMARTS) is 1. The Hall–Kier alpha value is -1.88.